The number of hydrogen-bond donors (Lipinski definition) is 1. The Bertz CT molecular complexity index is 1480. The maximum absolute atomic E-state index is 14.2. The molecule has 3 aromatic carbocycles. The first-order valence-corrected chi connectivity index (χ1v) is 15.9. The van der Waals surface area contributed by atoms with Crippen molar-refractivity contribution in [1.82, 2.24) is 10.2 Å². The lowest BCUT2D eigenvalue weighted by molar-refractivity contribution is -0.140. The molecule has 226 valence electrons. The monoisotopic (exact) mass is 633 g/mol. The summed E-state index contributed by atoms with van der Waals surface area (Å²) in [7, 11) is -2.66. The van der Waals surface area contributed by atoms with Crippen LogP contribution in [0.15, 0.2) is 71.6 Å². The van der Waals surface area contributed by atoms with Crippen LogP contribution >= 0.6 is 23.2 Å². The number of benzene rings is 3. The Morgan fingerprint density at radius 3 is 2.12 bits per heavy atom. The zero-order valence-electron chi connectivity index (χ0n) is 24.4. The van der Waals surface area contributed by atoms with Crippen LogP contribution < -0.4 is 14.4 Å². The number of ether oxygens (including phenoxy) is 1. The molecule has 42 heavy (non-hydrogen) atoms. The molecule has 0 fully saturated rings. The van der Waals surface area contributed by atoms with Gasteiger partial charge in [-0.05, 0) is 74.7 Å². The second-order valence-electron chi connectivity index (χ2n) is 10.0. The fourth-order valence-electron chi connectivity index (χ4n) is 4.29. The summed E-state index contributed by atoms with van der Waals surface area (Å²) in [5, 5.41) is 3.35. The molecule has 8 nitrogen and oxygen atoms in total. The molecule has 3 aromatic rings. The van der Waals surface area contributed by atoms with E-state index in [-0.39, 0.29) is 39.1 Å². The van der Waals surface area contributed by atoms with Crippen LogP contribution in [-0.4, -0.2) is 50.9 Å². The van der Waals surface area contributed by atoms with Crippen LogP contribution in [0.1, 0.15) is 44.7 Å². The van der Waals surface area contributed by atoms with Gasteiger partial charge in [0.15, 0.2) is 0 Å². The minimum Gasteiger partial charge on any atom is -0.497 e. The summed E-state index contributed by atoms with van der Waals surface area (Å²) in [5.41, 5.74) is 1.80. The molecule has 2 atom stereocenters. The van der Waals surface area contributed by atoms with Crippen LogP contribution in [0.5, 0.6) is 5.75 Å². The maximum atomic E-state index is 14.2. The van der Waals surface area contributed by atoms with E-state index in [0.29, 0.717) is 18.6 Å². The highest BCUT2D eigenvalue weighted by molar-refractivity contribution is 7.92. The number of sulfonamides is 1. The van der Waals surface area contributed by atoms with E-state index in [0.717, 1.165) is 15.4 Å². The molecule has 0 saturated heterocycles. The summed E-state index contributed by atoms with van der Waals surface area (Å²) >= 11 is 12.4. The zero-order chi connectivity index (χ0) is 31.0. The second kappa shape index (κ2) is 14.8. The van der Waals surface area contributed by atoms with Crippen molar-refractivity contribution in [3.63, 3.8) is 0 Å². The molecule has 0 aliphatic rings. The molecule has 1 N–H and O–H groups in total. The molecular weight excluding hydrogens is 597 g/mol. The van der Waals surface area contributed by atoms with Crippen LogP contribution in [0.4, 0.5) is 5.69 Å². The Morgan fingerprint density at radius 1 is 0.929 bits per heavy atom. The smallest absolute Gasteiger partial charge is 0.264 e. The van der Waals surface area contributed by atoms with Gasteiger partial charge in [-0.25, -0.2) is 8.42 Å². The lowest BCUT2D eigenvalue weighted by atomic mass is 10.1. The number of halogens is 2. The number of anilines is 1. The maximum Gasteiger partial charge on any atom is 0.264 e. The van der Waals surface area contributed by atoms with Gasteiger partial charge >= 0.3 is 0 Å². The Kier molecular flexibility index (Phi) is 11.7. The van der Waals surface area contributed by atoms with E-state index in [9.17, 15) is 18.0 Å². The van der Waals surface area contributed by atoms with Crippen molar-refractivity contribution in [2.24, 2.45) is 0 Å². The summed E-state index contributed by atoms with van der Waals surface area (Å²) in [5.74, 6) is -0.219. The largest absolute Gasteiger partial charge is 0.497 e. The molecule has 3 rings (SSSR count). The fourth-order valence-corrected chi connectivity index (χ4v) is 5.99. The fraction of sp³-hybridized carbons (Fsp3) is 0.355. The van der Waals surface area contributed by atoms with E-state index in [1.165, 1.54) is 35.2 Å². The number of amides is 2. The number of methoxy groups -OCH3 is 1. The average molecular weight is 635 g/mol. The van der Waals surface area contributed by atoms with Crippen molar-refractivity contribution in [2.75, 3.05) is 18.0 Å². The molecule has 0 aromatic heterocycles. The molecule has 0 heterocycles. The summed E-state index contributed by atoms with van der Waals surface area (Å²) in [6.45, 7) is 7.02. The minimum absolute atomic E-state index is 0.00947. The number of carbonyl (C=O) groups excluding carboxylic acids is 2. The Labute approximate surface area is 258 Å². The predicted octanol–water partition coefficient (Wildman–Crippen LogP) is 6.23. The quantitative estimate of drug-likeness (QED) is 0.241. The first kappa shape index (κ1) is 33.2. The molecule has 0 aliphatic heterocycles. The standard InChI is InChI=1S/C31H37Cl2N3O5S/c1-6-22(4)34-31(38)29(7-2)35(19-23-10-13-25(41-5)14-11-23)30(37)20-36(24-12-17-27(32)28(33)18-24)42(39,40)26-15-8-21(3)9-16-26/h8-18,22,29H,6-7,19-20H2,1-5H3,(H,34,38). The van der Waals surface area contributed by atoms with Crippen molar-refractivity contribution in [3.05, 3.63) is 87.9 Å². The van der Waals surface area contributed by atoms with Gasteiger partial charge in [0, 0.05) is 12.6 Å². The molecule has 0 bridgehead atoms. The van der Waals surface area contributed by atoms with Crippen LogP contribution in [0, 0.1) is 6.92 Å². The number of carbonyl (C=O) groups is 2. The van der Waals surface area contributed by atoms with Crippen LogP contribution in [0.2, 0.25) is 10.0 Å². The lowest BCUT2D eigenvalue weighted by Gasteiger charge is -2.33. The molecule has 11 heteroatoms. The van der Waals surface area contributed by atoms with E-state index >= 15 is 0 Å². The van der Waals surface area contributed by atoms with Crippen molar-refractivity contribution in [2.45, 2.75) is 64.1 Å². The summed E-state index contributed by atoms with van der Waals surface area (Å²) < 4.78 is 34.2. The summed E-state index contributed by atoms with van der Waals surface area (Å²) in [6, 6.07) is 16.9. The van der Waals surface area contributed by atoms with Gasteiger partial charge in [-0.15, -0.1) is 0 Å². The SMILES string of the molecule is CCC(C)NC(=O)C(CC)N(Cc1ccc(OC)cc1)C(=O)CN(c1ccc(Cl)c(Cl)c1)S(=O)(=O)c1ccc(C)cc1. The van der Waals surface area contributed by atoms with Gasteiger partial charge in [0.1, 0.15) is 18.3 Å². The molecule has 0 spiro atoms. The van der Waals surface area contributed by atoms with E-state index in [4.69, 9.17) is 27.9 Å². The second-order valence-corrected chi connectivity index (χ2v) is 12.7. The molecule has 0 saturated carbocycles. The van der Waals surface area contributed by atoms with Crippen molar-refractivity contribution in [3.8, 4) is 5.75 Å². The number of aryl methyl sites for hydroxylation is 1. The van der Waals surface area contributed by atoms with Crippen LogP contribution in [0.3, 0.4) is 0 Å². The zero-order valence-corrected chi connectivity index (χ0v) is 26.8. The number of hydrogen-bond acceptors (Lipinski definition) is 5. The highest BCUT2D eigenvalue weighted by Crippen LogP contribution is 2.31. The lowest BCUT2D eigenvalue weighted by Crippen LogP contribution is -2.53. The van der Waals surface area contributed by atoms with E-state index in [1.807, 2.05) is 27.7 Å². The van der Waals surface area contributed by atoms with Gasteiger partial charge in [0.25, 0.3) is 10.0 Å². The minimum atomic E-state index is -4.22. The number of rotatable bonds is 13. The van der Waals surface area contributed by atoms with Gasteiger partial charge in [0.2, 0.25) is 11.8 Å². The van der Waals surface area contributed by atoms with Gasteiger partial charge < -0.3 is 15.0 Å². The molecule has 2 amide bonds. The van der Waals surface area contributed by atoms with Gasteiger partial charge in [-0.3, -0.25) is 13.9 Å². The van der Waals surface area contributed by atoms with Crippen LogP contribution in [0.25, 0.3) is 0 Å². The van der Waals surface area contributed by atoms with E-state index < -0.39 is 28.5 Å². The number of nitrogens with zero attached hydrogens (tertiary/aromatic N) is 2. The highest BCUT2D eigenvalue weighted by Gasteiger charge is 2.34. The summed E-state index contributed by atoms with van der Waals surface area (Å²) in [6.07, 6.45) is 1.04. The predicted molar refractivity (Wildman–Crippen MR) is 168 cm³/mol. The third kappa shape index (κ3) is 8.18. The third-order valence-corrected chi connectivity index (χ3v) is 9.51. The first-order chi connectivity index (χ1) is 19.9. The normalized spacial score (nSPS) is 12.7. The Morgan fingerprint density at radius 2 is 1.57 bits per heavy atom. The molecule has 0 radical (unpaired) electrons. The molecular formula is C31H37Cl2N3O5S. The summed E-state index contributed by atoms with van der Waals surface area (Å²) in [4.78, 5) is 29.0. The van der Waals surface area contributed by atoms with Crippen LogP contribution in [-0.2, 0) is 26.2 Å². The topological polar surface area (TPSA) is 96.0 Å². The van der Waals surface area contributed by atoms with Crippen molar-refractivity contribution < 1.29 is 22.7 Å². The van der Waals surface area contributed by atoms with Crippen molar-refractivity contribution in [1.29, 1.82) is 0 Å². The highest BCUT2D eigenvalue weighted by atomic mass is 35.5. The molecule has 2 unspecified atom stereocenters. The van der Waals surface area contributed by atoms with E-state index in [2.05, 4.69) is 5.32 Å². The van der Waals surface area contributed by atoms with Gasteiger partial charge in [-0.2, -0.15) is 0 Å². The molecule has 0 aliphatic carbocycles. The number of nitrogens with one attached hydrogen (secondary N) is 1. The van der Waals surface area contributed by atoms with E-state index in [1.54, 1.807) is 43.5 Å². The van der Waals surface area contributed by atoms with Gasteiger partial charge in [0.05, 0.1) is 27.7 Å². The Hall–Kier alpha value is -3.27. The van der Waals surface area contributed by atoms with Gasteiger partial charge in [-0.1, -0.05) is 66.9 Å². The third-order valence-electron chi connectivity index (χ3n) is 6.98. The Balaban J connectivity index is 2.08. The first-order valence-electron chi connectivity index (χ1n) is 13.7. The van der Waals surface area contributed by atoms with Crippen molar-refractivity contribution >= 4 is 50.7 Å². The average Bonchev–Trinajstić information content (AvgIpc) is 2.97.